The molecule has 0 fully saturated rings. The number of ketones is 1. The molecule has 0 heterocycles. The first-order chi connectivity index (χ1) is 11.1. The first-order valence-electron chi connectivity index (χ1n) is 7.48. The Labute approximate surface area is 132 Å². The number of hydrogen-bond donors (Lipinski definition) is 0. The normalized spacial score (nSPS) is 12.5. The third-order valence-corrected chi connectivity index (χ3v) is 4.44. The first-order valence-corrected chi connectivity index (χ1v) is 7.48. The van der Waals surface area contributed by atoms with E-state index in [9.17, 15) is 14.9 Å². The molecule has 3 aromatic carbocycles. The van der Waals surface area contributed by atoms with E-state index >= 15 is 0 Å². The Morgan fingerprint density at radius 2 is 1.70 bits per heavy atom. The van der Waals surface area contributed by atoms with Crippen molar-refractivity contribution in [2.75, 3.05) is 0 Å². The fourth-order valence-electron chi connectivity index (χ4n) is 3.36. The van der Waals surface area contributed by atoms with Crippen molar-refractivity contribution in [3.63, 3.8) is 0 Å². The van der Waals surface area contributed by atoms with Gasteiger partial charge in [-0.3, -0.25) is 14.9 Å². The third-order valence-electron chi connectivity index (χ3n) is 4.44. The fraction of sp³-hybridized carbons (Fsp3) is 0.105. The lowest BCUT2D eigenvalue weighted by Crippen LogP contribution is -2.03. The molecule has 1 aliphatic carbocycles. The maximum atomic E-state index is 12.9. The first kappa shape index (κ1) is 13.6. The van der Waals surface area contributed by atoms with Crippen LogP contribution in [0.4, 0.5) is 5.69 Å². The number of non-ortho nitro benzene ring substituents is 1. The Morgan fingerprint density at radius 3 is 2.48 bits per heavy atom. The summed E-state index contributed by atoms with van der Waals surface area (Å²) in [5.74, 6) is -0.177. The van der Waals surface area contributed by atoms with Crippen LogP contribution in [-0.2, 0) is 12.8 Å². The number of hydrogen-bond acceptors (Lipinski definition) is 3. The maximum Gasteiger partial charge on any atom is 0.270 e. The van der Waals surface area contributed by atoms with Crippen LogP contribution in [-0.4, -0.2) is 10.7 Å². The maximum absolute atomic E-state index is 12.9. The smallest absolute Gasteiger partial charge is 0.270 e. The van der Waals surface area contributed by atoms with E-state index in [0.717, 1.165) is 18.2 Å². The van der Waals surface area contributed by atoms with Crippen molar-refractivity contribution in [3.05, 3.63) is 87.0 Å². The van der Waals surface area contributed by atoms with Crippen LogP contribution in [0, 0.1) is 10.1 Å². The number of benzene rings is 3. The second kappa shape index (κ2) is 5.02. The molecule has 0 aliphatic heterocycles. The molecule has 0 bridgehead atoms. The summed E-state index contributed by atoms with van der Waals surface area (Å²) in [6.07, 6.45) is 2.00. The van der Waals surface area contributed by atoms with Gasteiger partial charge in [0.05, 0.1) is 4.92 Å². The third kappa shape index (κ3) is 2.11. The summed E-state index contributed by atoms with van der Waals surface area (Å²) < 4.78 is 0. The van der Waals surface area contributed by atoms with Crippen molar-refractivity contribution < 1.29 is 9.72 Å². The highest BCUT2D eigenvalue weighted by Crippen LogP contribution is 2.33. The highest BCUT2D eigenvalue weighted by atomic mass is 16.6. The van der Waals surface area contributed by atoms with Crippen molar-refractivity contribution in [1.29, 1.82) is 0 Å². The van der Waals surface area contributed by atoms with E-state index in [-0.39, 0.29) is 11.5 Å². The van der Waals surface area contributed by atoms with Gasteiger partial charge in [-0.2, -0.15) is 0 Å². The SMILES string of the molecule is O=C(c1cccc([N+](=O)[O-])c1)c1ccc2c3c(cccc13)CC2. The van der Waals surface area contributed by atoms with E-state index < -0.39 is 4.92 Å². The minimum atomic E-state index is -0.482. The minimum absolute atomic E-state index is 0.0678. The van der Waals surface area contributed by atoms with Gasteiger partial charge < -0.3 is 0 Å². The van der Waals surface area contributed by atoms with Gasteiger partial charge >= 0.3 is 0 Å². The minimum Gasteiger partial charge on any atom is -0.289 e. The topological polar surface area (TPSA) is 60.2 Å². The molecule has 0 saturated heterocycles. The van der Waals surface area contributed by atoms with Crippen LogP contribution in [0.5, 0.6) is 0 Å². The number of carbonyl (C=O) groups excluding carboxylic acids is 1. The molecule has 23 heavy (non-hydrogen) atoms. The summed E-state index contributed by atoms with van der Waals surface area (Å²) in [6, 6.07) is 15.8. The highest BCUT2D eigenvalue weighted by Gasteiger charge is 2.20. The van der Waals surface area contributed by atoms with E-state index in [1.54, 1.807) is 12.1 Å². The van der Waals surface area contributed by atoms with Crippen LogP contribution in [0.1, 0.15) is 27.0 Å². The van der Waals surface area contributed by atoms with E-state index in [1.165, 1.54) is 28.6 Å². The predicted molar refractivity (Wildman–Crippen MR) is 87.9 cm³/mol. The molecule has 0 radical (unpaired) electrons. The van der Waals surface area contributed by atoms with E-state index in [2.05, 4.69) is 6.07 Å². The number of nitrogens with zero attached hydrogens (tertiary/aromatic N) is 1. The average molecular weight is 303 g/mol. The zero-order valence-electron chi connectivity index (χ0n) is 12.3. The van der Waals surface area contributed by atoms with Crippen molar-refractivity contribution in [1.82, 2.24) is 0 Å². The van der Waals surface area contributed by atoms with Gasteiger partial charge in [0.25, 0.3) is 5.69 Å². The van der Waals surface area contributed by atoms with Crippen molar-refractivity contribution in [2.24, 2.45) is 0 Å². The standard InChI is InChI=1S/C19H13NO3/c21-19(14-4-1-5-15(11-14)20(22)23)17-10-9-13-8-7-12-3-2-6-16(17)18(12)13/h1-6,9-11H,7-8H2. The molecule has 0 atom stereocenters. The average Bonchev–Trinajstić information content (AvgIpc) is 3.00. The molecule has 1 aliphatic rings. The highest BCUT2D eigenvalue weighted by molar-refractivity contribution is 6.17. The van der Waals surface area contributed by atoms with Crippen molar-refractivity contribution in [2.45, 2.75) is 12.8 Å². The summed E-state index contributed by atoms with van der Waals surface area (Å²) >= 11 is 0. The summed E-state index contributed by atoms with van der Waals surface area (Å²) in [6.45, 7) is 0. The lowest BCUT2D eigenvalue weighted by Gasteiger charge is -2.08. The van der Waals surface area contributed by atoms with E-state index in [0.29, 0.717) is 11.1 Å². The van der Waals surface area contributed by atoms with Crippen LogP contribution < -0.4 is 0 Å². The van der Waals surface area contributed by atoms with E-state index in [1.807, 2.05) is 24.3 Å². The molecule has 0 aromatic heterocycles. The van der Waals surface area contributed by atoms with Gasteiger partial charge in [-0.05, 0) is 34.7 Å². The fourth-order valence-corrected chi connectivity index (χ4v) is 3.36. The number of nitro groups is 1. The lowest BCUT2D eigenvalue weighted by atomic mass is 9.94. The van der Waals surface area contributed by atoms with Gasteiger partial charge in [0, 0.05) is 23.3 Å². The zero-order valence-corrected chi connectivity index (χ0v) is 12.3. The van der Waals surface area contributed by atoms with Gasteiger partial charge in [-0.15, -0.1) is 0 Å². The Balaban J connectivity index is 1.89. The van der Waals surface area contributed by atoms with Crippen LogP contribution in [0.2, 0.25) is 0 Å². The molecule has 0 N–H and O–H groups in total. The van der Waals surface area contributed by atoms with Crippen LogP contribution in [0.3, 0.4) is 0 Å². The Bertz CT molecular complexity index is 965. The Morgan fingerprint density at radius 1 is 0.957 bits per heavy atom. The predicted octanol–water partition coefficient (Wildman–Crippen LogP) is 4.08. The van der Waals surface area contributed by atoms with Gasteiger partial charge in [0.15, 0.2) is 5.78 Å². The number of rotatable bonds is 3. The molecule has 112 valence electrons. The largest absolute Gasteiger partial charge is 0.289 e. The second-order valence-corrected chi connectivity index (χ2v) is 5.75. The number of aryl methyl sites for hydroxylation is 2. The van der Waals surface area contributed by atoms with Crippen LogP contribution in [0.15, 0.2) is 54.6 Å². The molecule has 0 spiro atoms. The zero-order chi connectivity index (χ0) is 16.0. The Hall–Kier alpha value is -3.01. The van der Waals surface area contributed by atoms with Gasteiger partial charge in [0.2, 0.25) is 0 Å². The molecule has 0 saturated carbocycles. The quantitative estimate of drug-likeness (QED) is 0.416. The van der Waals surface area contributed by atoms with Crippen LogP contribution in [0.25, 0.3) is 10.8 Å². The summed E-state index contributed by atoms with van der Waals surface area (Å²) in [5, 5.41) is 13.0. The van der Waals surface area contributed by atoms with Gasteiger partial charge in [-0.1, -0.05) is 42.5 Å². The molecular formula is C19H13NO3. The monoisotopic (exact) mass is 303 g/mol. The number of carbonyl (C=O) groups is 1. The Kier molecular flexibility index (Phi) is 2.98. The van der Waals surface area contributed by atoms with Crippen molar-refractivity contribution in [3.8, 4) is 0 Å². The molecule has 0 unspecified atom stereocenters. The van der Waals surface area contributed by atoms with E-state index in [4.69, 9.17) is 0 Å². The van der Waals surface area contributed by atoms with Gasteiger partial charge in [-0.25, -0.2) is 0 Å². The molecule has 0 amide bonds. The summed E-state index contributed by atoms with van der Waals surface area (Å²) in [5.41, 5.74) is 3.42. The number of nitro benzene ring substituents is 1. The van der Waals surface area contributed by atoms with Crippen LogP contribution >= 0.6 is 0 Å². The molecular weight excluding hydrogens is 290 g/mol. The molecule has 3 aromatic rings. The second-order valence-electron chi connectivity index (χ2n) is 5.75. The summed E-state index contributed by atoms with van der Waals surface area (Å²) in [7, 11) is 0. The van der Waals surface area contributed by atoms with Gasteiger partial charge in [0.1, 0.15) is 0 Å². The van der Waals surface area contributed by atoms with Crippen molar-refractivity contribution >= 4 is 22.2 Å². The lowest BCUT2D eigenvalue weighted by molar-refractivity contribution is -0.384. The molecule has 4 heteroatoms. The molecule has 4 rings (SSSR count). The summed E-state index contributed by atoms with van der Waals surface area (Å²) in [4.78, 5) is 23.3. The molecule has 4 nitrogen and oxygen atoms in total.